The maximum Gasteiger partial charge on any atom is 0.335 e. The number of nitrogens with zero attached hydrogens (tertiary/aromatic N) is 2. The molecule has 0 radical (unpaired) electrons. The molecule has 2 amide bonds. The minimum absolute atomic E-state index is 0.00754. The van der Waals surface area contributed by atoms with Crippen LogP contribution in [-0.2, 0) is 19.1 Å². The summed E-state index contributed by atoms with van der Waals surface area (Å²) in [6, 6.07) is -0.00754. The smallest absolute Gasteiger partial charge is 0.335 e. The lowest BCUT2D eigenvalue weighted by Crippen LogP contribution is -2.56. The van der Waals surface area contributed by atoms with Crippen molar-refractivity contribution < 1.29 is 19.1 Å². The Hall–Kier alpha value is -1.85. The van der Waals surface area contributed by atoms with Crippen LogP contribution in [0.15, 0.2) is 12.2 Å². The first-order valence-electron chi connectivity index (χ1n) is 6.33. The van der Waals surface area contributed by atoms with Gasteiger partial charge in [0.05, 0.1) is 13.2 Å². The van der Waals surface area contributed by atoms with Crippen molar-refractivity contribution in [3.63, 3.8) is 0 Å². The molecule has 0 saturated carbocycles. The Kier molecular flexibility index (Phi) is 5.09. The molecule has 0 bridgehead atoms. The number of piperazine rings is 1. The van der Waals surface area contributed by atoms with Gasteiger partial charge in [0.2, 0.25) is 0 Å². The van der Waals surface area contributed by atoms with Gasteiger partial charge in [-0.1, -0.05) is 6.58 Å². The number of ether oxygens (including phenoxy) is 1. The molecule has 0 aromatic heterocycles. The van der Waals surface area contributed by atoms with Crippen molar-refractivity contribution >= 4 is 17.8 Å². The van der Waals surface area contributed by atoms with Crippen LogP contribution in [0.1, 0.15) is 20.8 Å². The summed E-state index contributed by atoms with van der Waals surface area (Å²) in [4.78, 5) is 38.0. The van der Waals surface area contributed by atoms with Gasteiger partial charge in [0.1, 0.15) is 0 Å². The Morgan fingerprint density at radius 3 is 2.47 bits per heavy atom. The van der Waals surface area contributed by atoms with E-state index in [9.17, 15) is 14.4 Å². The highest BCUT2D eigenvalue weighted by Gasteiger charge is 2.34. The molecule has 1 aliphatic rings. The monoisotopic (exact) mass is 268 g/mol. The predicted molar refractivity (Wildman–Crippen MR) is 69.2 cm³/mol. The third-order valence-corrected chi connectivity index (χ3v) is 2.91. The SMILES string of the molecule is C=C(CN1CCN(C(C)C)C(=O)C1=O)C(=O)OCC. The summed E-state index contributed by atoms with van der Waals surface area (Å²) < 4.78 is 4.79. The molecule has 6 nitrogen and oxygen atoms in total. The summed E-state index contributed by atoms with van der Waals surface area (Å²) in [5.41, 5.74) is 0.181. The van der Waals surface area contributed by atoms with Crippen molar-refractivity contribution in [1.82, 2.24) is 9.80 Å². The van der Waals surface area contributed by atoms with Crippen LogP contribution in [0, 0.1) is 0 Å². The molecule has 1 fully saturated rings. The maximum absolute atomic E-state index is 11.9. The third kappa shape index (κ3) is 3.56. The zero-order chi connectivity index (χ0) is 14.6. The van der Waals surface area contributed by atoms with Crippen molar-refractivity contribution in [3.05, 3.63) is 12.2 Å². The van der Waals surface area contributed by atoms with E-state index in [1.807, 2.05) is 13.8 Å². The van der Waals surface area contributed by atoms with Gasteiger partial charge in [0.25, 0.3) is 0 Å². The lowest BCUT2D eigenvalue weighted by Gasteiger charge is -2.36. The summed E-state index contributed by atoms with van der Waals surface area (Å²) in [6.45, 7) is 10.2. The number of amides is 2. The largest absolute Gasteiger partial charge is 0.463 e. The van der Waals surface area contributed by atoms with Crippen molar-refractivity contribution in [1.29, 1.82) is 0 Å². The van der Waals surface area contributed by atoms with Gasteiger partial charge in [0, 0.05) is 24.7 Å². The van der Waals surface area contributed by atoms with Crippen LogP contribution < -0.4 is 0 Å². The number of rotatable bonds is 5. The van der Waals surface area contributed by atoms with E-state index in [-0.39, 0.29) is 24.8 Å². The van der Waals surface area contributed by atoms with Gasteiger partial charge < -0.3 is 14.5 Å². The molecule has 19 heavy (non-hydrogen) atoms. The first-order valence-corrected chi connectivity index (χ1v) is 6.33. The fourth-order valence-electron chi connectivity index (χ4n) is 1.86. The molecule has 6 heteroatoms. The summed E-state index contributed by atoms with van der Waals surface area (Å²) in [7, 11) is 0. The second kappa shape index (κ2) is 6.36. The summed E-state index contributed by atoms with van der Waals surface area (Å²) in [5, 5.41) is 0. The van der Waals surface area contributed by atoms with Crippen LogP contribution in [0.4, 0.5) is 0 Å². The minimum Gasteiger partial charge on any atom is -0.463 e. The molecular weight excluding hydrogens is 248 g/mol. The second-order valence-corrected chi connectivity index (χ2v) is 4.64. The average Bonchev–Trinajstić information content (AvgIpc) is 2.34. The quantitative estimate of drug-likeness (QED) is 0.405. The number of hydrogen-bond donors (Lipinski definition) is 0. The molecule has 1 rings (SSSR count). The molecule has 0 atom stereocenters. The predicted octanol–water partition coefficient (Wildman–Crippen LogP) is 0.185. The van der Waals surface area contributed by atoms with Crippen LogP contribution in [0.25, 0.3) is 0 Å². The third-order valence-electron chi connectivity index (χ3n) is 2.91. The number of carbonyl (C=O) groups is 3. The van der Waals surface area contributed by atoms with Gasteiger partial charge in [-0.3, -0.25) is 9.59 Å². The van der Waals surface area contributed by atoms with Gasteiger partial charge in [-0.25, -0.2) is 4.79 Å². The first-order chi connectivity index (χ1) is 8.88. The number of carbonyl (C=O) groups excluding carboxylic acids is 3. The van der Waals surface area contributed by atoms with Gasteiger partial charge >= 0.3 is 17.8 Å². The van der Waals surface area contributed by atoms with E-state index >= 15 is 0 Å². The zero-order valence-electron chi connectivity index (χ0n) is 11.6. The van der Waals surface area contributed by atoms with Gasteiger partial charge in [-0.2, -0.15) is 0 Å². The summed E-state index contributed by atoms with van der Waals surface area (Å²) in [6.07, 6.45) is 0. The van der Waals surface area contributed by atoms with Crippen molar-refractivity contribution in [2.45, 2.75) is 26.8 Å². The second-order valence-electron chi connectivity index (χ2n) is 4.64. The van der Waals surface area contributed by atoms with Crippen LogP contribution in [0.3, 0.4) is 0 Å². The van der Waals surface area contributed by atoms with Crippen molar-refractivity contribution in [2.75, 3.05) is 26.2 Å². The highest BCUT2D eigenvalue weighted by atomic mass is 16.5. The lowest BCUT2D eigenvalue weighted by atomic mass is 10.2. The fraction of sp³-hybridized carbons (Fsp3) is 0.615. The molecule has 0 aromatic carbocycles. The molecule has 0 aromatic rings. The molecule has 1 saturated heterocycles. The normalized spacial score (nSPS) is 16.0. The fourth-order valence-corrected chi connectivity index (χ4v) is 1.86. The standard InChI is InChI=1S/C13H20N2O4/c1-5-19-13(18)10(4)8-14-6-7-15(9(2)3)12(17)11(14)16/h9H,4-8H2,1-3H3. The van der Waals surface area contributed by atoms with Crippen LogP contribution in [0.2, 0.25) is 0 Å². The number of hydrogen-bond acceptors (Lipinski definition) is 4. The molecule has 0 spiro atoms. The van der Waals surface area contributed by atoms with Gasteiger partial charge in [-0.05, 0) is 20.8 Å². The maximum atomic E-state index is 11.9. The van der Waals surface area contributed by atoms with E-state index in [2.05, 4.69) is 6.58 Å². The Labute approximate surface area is 113 Å². The summed E-state index contributed by atoms with van der Waals surface area (Å²) in [5.74, 6) is -1.66. The van der Waals surface area contributed by atoms with Crippen LogP contribution in [-0.4, -0.2) is 59.9 Å². The Balaban J connectivity index is 2.63. The number of esters is 1. The molecule has 0 N–H and O–H groups in total. The van der Waals surface area contributed by atoms with Crippen molar-refractivity contribution in [2.24, 2.45) is 0 Å². The van der Waals surface area contributed by atoms with Crippen LogP contribution >= 0.6 is 0 Å². The Morgan fingerprint density at radius 1 is 1.32 bits per heavy atom. The topological polar surface area (TPSA) is 66.9 Å². The van der Waals surface area contributed by atoms with E-state index in [1.54, 1.807) is 6.92 Å². The Bertz CT molecular complexity index is 403. The summed E-state index contributed by atoms with van der Waals surface area (Å²) >= 11 is 0. The van der Waals surface area contributed by atoms with Crippen molar-refractivity contribution in [3.8, 4) is 0 Å². The van der Waals surface area contributed by atoms with E-state index in [0.29, 0.717) is 13.1 Å². The molecular formula is C13H20N2O4. The molecule has 0 unspecified atom stereocenters. The molecule has 106 valence electrons. The van der Waals surface area contributed by atoms with Gasteiger partial charge in [-0.15, -0.1) is 0 Å². The van der Waals surface area contributed by atoms with E-state index in [4.69, 9.17) is 4.74 Å². The first kappa shape index (κ1) is 15.2. The average molecular weight is 268 g/mol. The molecule has 0 aliphatic carbocycles. The zero-order valence-corrected chi connectivity index (χ0v) is 11.6. The Morgan fingerprint density at radius 2 is 1.95 bits per heavy atom. The molecule has 1 heterocycles. The lowest BCUT2D eigenvalue weighted by molar-refractivity contribution is -0.157. The van der Waals surface area contributed by atoms with E-state index < -0.39 is 17.8 Å². The molecule has 1 aliphatic heterocycles. The van der Waals surface area contributed by atoms with E-state index in [0.717, 1.165) is 0 Å². The highest BCUT2D eigenvalue weighted by molar-refractivity contribution is 6.35. The highest BCUT2D eigenvalue weighted by Crippen LogP contribution is 2.10. The van der Waals surface area contributed by atoms with E-state index in [1.165, 1.54) is 9.80 Å². The minimum atomic E-state index is -0.592. The van der Waals surface area contributed by atoms with Crippen LogP contribution in [0.5, 0.6) is 0 Å². The van der Waals surface area contributed by atoms with Gasteiger partial charge in [0.15, 0.2) is 0 Å².